The van der Waals surface area contributed by atoms with Gasteiger partial charge in [-0.2, -0.15) is 17.6 Å². The lowest BCUT2D eigenvalue weighted by Gasteiger charge is -2.23. The maximum absolute atomic E-state index is 11.9. The van der Waals surface area contributed by atoms with E-state index in [2.05, 4.69) is 0 Å². The molecule has 68 valence electrons. The van der Waals surface area contributed by atoms with E-state index in [1.807, 2.05) is 0 Å². The first-order valence-electron chi connectivity index (χ1n) is 2.35. The van der Waals surface area contributed by atoms with Gasteiger partial charge in [0, 0.05) is 0 Å². The van der Waals surface area contributed by atoms with Crippen molar-refractivity contribution in [2.75, 3.05) is 4.43 Å². The van der Waals surface area contributed by atoms with Crippen LogP contribution in [0, 0.1) is 0 Å². The van der Waals surface area contributed by atoms with Gasteiger partial charge in [-0.05, 0) is 0 Å². The van der Waals surface area contributed by atoms with Crippen LogP contribution in [0.4, 0.5) is 26.3 Å². The highest BCUT2D eigenvalue weighted by atomic mass is 127. The normalized spacial score (nSPS) is 14.2. The topological polar surface area (TPSA) is 0 Å². The summed E-state index contributed by atoms with van der Waals surface area (Å²) >= 11 is 0.925. The smallest absolute Gasteiger partial charge is 0.203 e. The predicted octanol–water partition coefficient (Wildman–Crippen LogP) is 2.96. The van der Waals surface area contributed by atoms with Crippen molar-refractivity contribution in [1.82, 2.24) is 0 Å². The molecule has 0 nitrogen and oxygen atoms in total. The molecule has 0 unspecified atom stereocenters. The third kappa shape index (κ3) is 2.12. The number of alkyl halides is 7. The zero-order valence-corrected chi connectivity index (χ0v) is 7.09. The fraction of sp³-hybridized carbons (Fsp3) is 1.00. The minimum absolute atomic E-state index is 0.925. The first kappa shape index (κ1) is 11.3. The van der Waals surface area contributed by atoms with E-state index in [0.29, 0.717) is 0 Å². The molecule has 0 saturated heterocycles. The van der Waals surface area contributed by atoms with Gasteiger partial charge < -0.3 is 0 Å². The average Bonchev–Trinajstić information content (AvgIpc) is 1.87. The highest BCUT2D eigenvalue weighted by Crippen LogP contribution is 2.39. The zero-order valence-electron chi connectivity index (χ0n) is 4.93. The van der Waals surface area contributed by atoms with Crippen molar-refractivity contribution in [3.63, 3.8) is 0 Å². The second-order valence-electron chi connectivity index (χ2n) is 1.76. The van der Waals surface area contributed by atoms with Crippen LogP contribution in [0.1, 0.15) is 0 Å². The summed E-state index contributed by atoms with van der Waals surface area (Å²) in [6.07, 6.45) is -4.33. The molecule has 0 aromatic carbocycles. The van der Waals surface area contributed by atoms with Crippen LogP contribution in [0.3, 0.4) is 0 Å². The lowest BCUT2D eigenvalue weighted by Crippen LogP contribution is -2.47. The monoisotopic (exact) mass is 292 g/mol. The molecule has 0 aliphatic heterocycles. The lowest BCUT2D eigenvalue weighted by molar-refractivity contribution is -0.251. The second kappa shape index (κ2) is 3.36. The Morgan fingerprint density at radius 1 is 1.09 bits per heavy atom. The molecule has 0 fully saturated rings. The molecule has 0 heterocycles. The molecule has 0 amide bonds. The van der Waals surface area contributed by atoms with Crippen molar-refractivity contribution in [2.24, 2.45) is 0 Å². The van der Waals surface area contributed by atoms with Crippen LogP contribution in [0.5, 0.6) is 0 Å². The Labute approximate surface area is 72.1 Å². The molecule has 0 N–H and O–H groups in total. The summed E-state index contributed by atoms with van der Waals surface area (Å²) in [7, 11) is 0. The SMILES string of the molecule is FC(F)C(F)(F)C(F)(F)CI. The number of hydrogen-bond donors (Lipinski definition) is 0. The summed E-state index contributed by atoms with van der Waals surface area (Å²) in [5, 5.41) is 0. The highest BCUT2D eigenvalue weighted by molar-refractivity contribution is 14.1. The summed E-state index contributed by atoms with van der Waals surface area (Å²) in [5.74, 6) is -9.87. The molecule has 0 rings (SSSR count). The lowest BCUT2D eigenvalue weighted by atomic mass is 10.2. The highest BCUT2D eigenvalue weighted by Gasteiger charge is 2.61. The number of halogens is 7. The van der Waals surface area contributed by atoms with Crippen LogP contribution in [0.2, 0.25) is 0 Å². The molecule has 7 heteroatoms. The molecule has 11 heavy (non-hydrogen) atoms. The molecular weight excluding hydrogens is 289 g/mol. The van der Waals surface area contributed by atoms with E-state index in [1.165, 1.54) is 0 Å². The van der Waals surface area contributed by atoms with Gasteiger partial charge in [0.15, 0.2) is 0 Å². The summed E-state index contributed by atoms with van der Waals surface area (Å²) in [5.41, 5.74) is 0. The van der Waals surface area contributed by atoms with Crippen molar-refractivity contribution < 1.29 is 26.3 Å². The molecule has 0 radical (unpaired) electrons. The van der Waals surface area contributed by atoms with Crippen molar-refractivity contribution in [3.05, 3.63) is 0 Å². The Bertz CT molecular complexity index is 133. The van der Waals surface area contributed by atoms with Crippen LogP contribution in [0.15, 0.2) is 0 Å². The van der Waals surface area contributed by atoms with E-state index >= 15 is 0 Å². The van der Waals surface area contributed by atoms with Gasteiger partial charge >= 0.3 is 18.3 Å². The van der Waals surface area contributed by atoms with Crippen molar-refractivity contribution >= 4 is 22.6 Å². The zero-order chi connectivity index (χ0) is 9.28. The van der Waals surface area contributed by atoms with Gasteiger partial charge in [-0.15, -0.1) is 0 Å². The number of rotatable bonds is 3. The van der Waals surface area contributed by atoms with Gasteiger partial charge in [-0.3, -0.25) is 0 Å². The first-order valence-corrected chi connectivity index (χ1v) is 3.88. The Balaban J connectivity index is 4.53. The molecule has 0 aliphatic carbocycles. The van der Waals surface area contributed by atoms with E-state index in [4.69, 9.17) is 0 Å². The third-order valence-electron chi connectivity index (χ3n) is 0.930. The van der Waals surface area contributed by atoms with Gasteiger partial charge in [0.25, 0.3) is 0 Å². The van der Waals surface area contributed by atoms with E-state index in [1.54, 1.807) is 0 Å². The van der Waals surface area contributed by atoms with Crippen molar-refractivity contribution in [1.29, 1.82) is 0 Å². The second-order valence-corrected chi connectivity index (χ2v) is 2.52. The van der Waals surface area contributed by atoms with E-state index in [0.717, 1.165) is 22.6 Å². The van der Waals surface area contributed by atoms with Crippen LogP contribution in [-0.4, -0.2) is 22.7 Å². The predicted molar refractivity (Wildman–Crippen MR) is 34.8 cm³/mol. The Hall–Kier alpha value is 0.310. The Kier molecular flexibility index (Phi) is 3.45. The molecule has 0 spiro atoms. The van der Waals surface area contributed by atoms with Crippen LogP contribution in [-0.2, 0) is 0 Å². The van der Waals surface area contributed by atoms with Crippen LogP contribution in [0.25, 0.3) is 0 Å². The molecule has 0 aromatic heterocycles. The van der Waals surface area contributed by atoms with E-state index < -0.39 is 22.7 Å². The first-order chi connectivity index (χ1) is 4.75. The molecular formula is C4H3F6I. The van der Waals surface area contributed by atoms with Crippen molar-refractivity contribution in [3.8, 4) is 0 Å². The van der Waals surface area contributed by atoms with E-state index in [-0.39, 0.29) is 0 Å². The van der Waals surface area contributed by atoms with Gasteiger partial charge in [-0.25, -0.2) is 8.78 Å². The quantitative estimate of drug-likeness (QED) is 0.426. The number of hydrogen-bond acceptors (Lipinski definition) is 0. The summed E-state index contributed by atoms with van der Waals surface area (Å²) in [4.78, 5) is 0. The van der Waals surface area contributed by atoms with Crippen LogP contribution < -0.4 is 0 Å². The standard InChI is InChI=1S/C4H3F6I/c5-2(6)4(9,10)3(7,8)1-11/h2H,1H2. The fourth-order valence-corrected chi connectivity index (χ4v) is 0.757. The minimum atomic E-state index is -5.23. The van der Waals surface area contributed by atoms with E-state index in [9.17, 15) is 26.3 Å². The maximum Gasteiger partial charge on any atom is 0.369 e. The largest absolute Gasteiger partial charge is 0.369 e. The summed E-state index contributed by atoms with van der Waals surface area (Å²) in [6, 6.07) is 0. The van der Waals surface area contributed by atoms with Gasteiger partial charge in [0.1, 0.15) is 0 Å². The van der Waals surface area contributed by atoms with Gasteiger partial charge in [0.05, 0.1) is 4.43 Å². The average molecular weight is 292 g/mol. The molecule has 0 atom stereocenters. The van der Waals surface area contributed by atoms with Gasteiger partial charge in [-0.1, -0.05) is 22.6 Å². The maximum atomic E-state index is 11.9. The Morgan fingerprint density at radius 2 is 1.45 bits per heavy atom. The summed E-state index contributed by atoms with van der Waals surface area (Å²) in [6.45, 7) is 0. The van der Waals surface area contributed by atoms with Crippen molar-refractivity contribution in [2.45, 2.75) is 18.3 Å². The molecule has 0 saturated carbocycles. The van der Waals surface area contributed by atoms with Gasteiger partial charge in [0.2, 0.25) is 0 Å². The summed E-state index contributed by atoms with van der Waals surface area (Å²) < 4.78 is 68.7. The fourth-order valence-electron chi connectivity index (χ4n) is 0.249. The molecule has 0 aliphatic rings. The molecule has 0 bridgehead atoms. The molecule has 0 aromatic rings. The Morgan fingerprint density at radius 3 is 1.55 bits per heavy atom. The van der Waals surface area contributed by atoms with Crippen LogP contribution >= 0.6 is 22.6 Å². The third-order valence-corrected chi connectivity index (χ3v) is 1.89. The minimum Gasteiger partial charge on any atom is -0.203 e.